The Labute approximate surface area is 114 Å². The van der Waals surface area contributed by atoms with Gasteiger partial charge in [0, 0.05) is 0 Å². The Kier molecular flexibility index (Phi) is 4.79. The molecule has 0 saturated carbocycles. The van der Waals surface area contributed by atoms with E-state index >= 15 is 0 Å². The highest BCUT2D eigenvalue weighted by molar-refractivity contribution is 7.89. The Morgan fingerprint density at radius 1 is 1.40 bits per heavy atom. The lowest BCUT2D eigenvalue weighted by Gasteiger charge is -2.12. The number of hydrogen-bond acceptors (Lipinski definition) is 5. The predicted octanol–water partition coefficient (Wildman–Crippen LogP) is 0.364. The van der Waals surface area contributed by atoms with Gasteiger partial charge in [0.1, 0.15) is 11.9 Å². The predicted molar refractivity (Wildman–Crippen MR) is 65.2 cm³/mol. The van der Waals surface area contributed by atoms with Crippen LogP contribution in [0.1, 0.15) is 17.3 Å². The number of esters is 1. The number of hydrogen-bond donors (Lipinski definition) is 2. The summed E-state index contributed by atoms with van der Waals surface area (Å²) in [5.41, 5.74) is -0.390. The van der Waals surface area contributed by atoms with Gasteiger partial charge in [0.25, 0.3) is 0 Å². The van der Waals surface area contributed by atoms with Gasteiger partial charge < -0.3 is 9.84 Å². The number of nitrogens with one attached hydrogen (secondary N) is 1. The maximum absolute atomic E-state index is 13.2. The first kappa shape index (κ1) is 16.1. The number of halogens is 1. The van der Waals surface area contributed by atoms with Gasteiger partial charge in [-0.05, 0) is 25.1 Å². The van der Waals surface area contributed by atoms with Crippen LogP contribution in [0.25, 0.3) is 0 Å². The molecule has 0 unspecified atom stereocenters. The van der Waals surface area contributed by atoms with Gasteiger partial charge in [0.15, 0.2) is 0 Å². The second kappa shape index (κ2) is 5.97. The highest BCUT2D eigenvalue weighted by Gasteiger charge is 2.27. The molecule has 0 spiro atoms. The second-order valence-electron chi connectivity index (χ2n) is 3.81. The van der Waals surface area contributed by atoms with Gasteiger partial charge in [0.2, 0.25) is 10.0 Å². The number of benzene rings is 1. The molecule has 0 fully saturated rings. The molecule has 0 saturated heterocycles. The van der Waals surface area contributed by atoms with Crippen LogP contribution in [-0.2, 0) is 19.6 Å². The van der Waals surface area contributed by atoms with Crippen LogP contribution in [0.4, 0.5) is 4.39 Å². The lowest BCUT2D eigenvalue weighted by molar-refractivity contribution is -0.138. The van der Waals surface area contributed by atoms with Gasteiger partial charge in [-0.3, -0.25) is 4.79 Å². The van der Waals surface area contributed by atoms with E-state index in [9.17, 15) is 22.4 Å². The fourth-order valence-corrected chi connectivity index (χ4v) is 2.75. The van der Waals surface area contributed by atoms with E-state index in [0.717, 1.165) is 26.2 Å². The zero-order valence-corrected chi connectivity index (χ0v) is 11.4. The molecule has 0 radical (unpaired) electrons. The van der Waals surface area contributed by atoms with Crippen LogP contribution < -0.4 is 4.72 Å². The van der Waals surface area contributed by atoms with Crippen molar-refractivity contribution in [2.24, 2.45) is 0 Å². The lowest BCUT2D eigenvalue weighted by atomic mass is 10.2. The van der Waals surface area contributed by atoms with Crippen LogP contribution in [0.3, 0.4) is 0 Å². The summed E-state index contributed by atoms with van der Waals surface area (Å²) in [4.78, 5) is 21.4. The van der Waals surface area contributed by atoms with Crippen molar-refractivity contribution in [1.82, 2.24) is 4.72 Å². The molecule has 0 amide bonds. The number of carbonyl (C=O) groups excluding carboxylic acids is 1. The molecule has 0 aromatic heterocycles. The summed E-state index contributed by atoms with van der Waals surface area (Å²) in [6.45, 7) is 1.09. The Balaban J connectivity index is 3.33. The smallest absolute Gasteiger partial charge is 0.339 e. The molecular formula is C11H12FNO6S. The summed E-state index contributed by atoms with van der Waals surface area (Å²) in [6, 6.07) is 1.02. The molecule has 0 aliphatic rings. The fraction of sp³-hybridized carbons (Fsp3) is 0.273. The molecule has 1 aromatic carbocycles. The van der Waals surface area contributed by atoms with Crippen molar-refractivity contribution in [2.45, 2.75) is 17.9 Å². The Morgan fingerprint density at radius 2 is 2.00 bits per heavy atom. The van der Waals surface area contributed by atoms with E-state index in [1.807, 2.05) is 4.72 Å². The summed E-state index contributed by atoms with van der Waals surface area (Å²) in [6.07, 6.45) is 0. The lowest BCUT2D eigenvalue weighted by Crippen LogP contribution is -2.38. The first-order chi connectivity index (χ1) is 9.19. The largest absolute Gasteiger partial charge is 0.480 e. The van der Waals surface area contributed by atoms with Crippen LogP contribution in [0, 0.1) is 5.82 Å². The molecule has 1 aromatic rings. The average molecular weight is 305 g/mol. The Bertz CT molecular complexity index is 642. The van der Waals surface area contributed by atoms with E-state index in [1.54, 1.807) is 0 Å². The Morgan fingerprint density at radius 3 is 2.50 bits per heavy atom. The van der Waals surface area contributed by atoms with Gasteiger partial charge in [-0.15, -0.1) is 0 Å². The van der Waals surface area contributed by atoms with E-state index in [2.05, 4.69) is 4.74 Å². The third-order valence-electron chi connectivity index (χ3n) is 2.34. The quantitative estimate of drug-likeness (QED) is 0.760. The van der Waals surface area contributed by atoms with Crippen molar-refractivity contribution < 1.29 is 32.2 Å². The summed E-state index contributed by atoms with van der Waals surface area (Å²) < 4.78 is 43.4. The molecule has 9 heteroatoms. The first-order valence-corrected chi connectivity index (χ1v) is 6.80. The average Bonchev–Trinajstić information content (AvgIpc) is 2.37. The molecule has 0 heterocycles. The minimum Gasteiger partial charge on any atom is -0.480 e. The summed E-state index contributed by atoms with van der Waals surface area (Å²) >= 11 is 0. The van der Waals surface area contributed by atoms with E-state index in [-0.39, 0.29) is 5.56 Å². The second-order valence-corrected chi connectivity index (χ2v) is 5.50. The van der Waals surface area contributed by atoms with Gasteiger partial charge in [0.05, 0.1) is 17.6 Å². The summed E-state index contributed by atoms with van der Waals surface area (Å²) in [7, 11) is -3.35. The van der Waals surface area contributed by atoms with E-state index in [4.69, 9.17) is 5.11 Å². The molecule has 2 N–H and O–H groups in total. The number of carbonyl (C=O) groups is 2. The van der Waals surface area contributed by atoms with Gasteiger partial charge in [-0.2, -0.15) is 4.72 Å². The number of ether oxygens (including phenoxy) is 1. The minimum atomic E-state index is -4.38. The molecule has 0 aliphatic heterocycles. The van der Waals surface area contributed by atoms with Crippen molar-refractivity contribution in [3.05, 3.63) is 29.6 Å². The van der Waals surface area contributed by atoms with Crippen LogP contribution in [0.15, 0.2) is 23.1 Å². The fourth-order valence-electron chi connectivity index (χ4n) is 1.34. The molecule has 0 aliphatic carbocycles. The zero-order chi connectivity index (χ0) is 15.5. The molecule has 0 bridgehead atoms. The first-order valence-electron chi connectivity index (χ1n) is 5.32. The van der Waals surface area contributed by atoms with Crippen molar-refractivity contribution in [3.8, 4) is 0 Å². The van der Waals surface area contributed by atoms with E-state index < -0.39 is 38.7 Å². The van der Waals surface area contributed by atoms with E-state index in [0.29, 0.717) is 6.07 Å². The van der Waals surface area contributed by atoms with Gasteiger partial charge in [-0.1, -0.05) is 0 Å². The van der Waals surface area contributed by atoms with Crippen molar-refractivity contribution in [1.29, 1.82) is 0 Å². The number of carboxylic acids is 1. The monoisotopic (exact) mass is 305 g/mol. The number of methoxy groups -OCH3 is 1. The highest BCUT2D eigenvalue weighted by Crippen LogP contribution is 2.18. The van der Waals surface area contributed by atoms with Crippen LogP contribution >= 0.6 is 0 Å². The Hall–Kier alpha value is -2.00. The van der Waals surface area contributed by atoms with Crippen molar-refractivity contribution >= 4 is 22.0 Å². The third kappa shape index (κ3) is 3.52. The molecule has 1 atom stereocenters. The number of aliphatic carboxylic acids is 1. The molecule has 7 nitrogen and oxygen atoms in total. The number of sulfonamides is 1. The standard InChI is InChI=1S/C11H12FNO6S/c1-6(10(14)15)13-20(17,18)9-5-7(12)3-4-8(9)11(16)19-2/h3-6,13H,1-2H3,(H,14,15)/t6-/m0/s1. The topological polar surface area (TPSA) is 110 Å². The summed E-state index contributed by atoms with van der Waals surface area (Å²) in [5.74, 6) is -3.28. The molecule has 110 valence electrons. The highest BCUT2D eigenvalue weighted by atomic mass is 32.2. The number of carboxylic acid groups (broad SMARTS) is 1. The molecule has 1 rings (SSSR count). The molecular weight excluding hydrogens is 293 g/mol. The van der Waals surface area contributed by atoms with Crippen LogP contribution in [0.5, 0.6) is 0 Å². The number of rotatable bonds is 5. The maximum atomic E-state index is 13.2. The molecule has 20 heavy (non-hydrogen) atoms. The maximum Gasteiger partial charge on any atom is 0.339 e. The van der Waals surface area contributed by atoms with Crippen LogP contribution in [0.2, 0.25) is 0 Å². The van der Waals surface area contributed by atoms with Crippen LogP contribution in [-0.4, -0.2) is 38.6 Å². The van der Waals surface area contributed by atoms with Gasteiger partial charge >= 0.3 is 11.9 Å². The van der Waals surface area contributed by atoms with E-state index in [1.165, 1.54) is 0 Å². The van der Waals surface area contributed by atoms with Crippen molar-refractivity contribution in [2.75, 3.05) is 7.11 Å². The SMILES string of the molecule is COC(=O)c1ccc(F)cc1S(=O)(=O)N[C@@H](C)C(=O)O. The third-order valence-corrected chi connectivity index (χ3v) is 3.92. The zero-order valence-electron chi connectivity index (χ0n) is 10.6. The van der Waals surface area contributed by atoms with Gasteiger partial charge in [-0.25, -0.2) is 17.6 Å². The summed E-state index contributed by atoms with van der Waals surface area (Å²) in [5, 5.41) is 8.68. The normalized spacial score (nSPS) is 12.8. The van der Waals surface area contributed by atoms with Crippen molar-refractivity contribution in [3.63, 3.8) is 0 Å². The minimum absolute atomic E-state index is 0.390.